The Morgan fingerprint density at radius 2 is 1.23 bits per heavy atom. The molecule has 24 unspecified atom stereocenters. The van der Waals surface area contributed by atoms with E-state index in [1.807, 2.05) is 6.92 Å². The molecule has 0 aromatic carbocycles. The second kappa shape index (κ2) is 25.8. The summed E-state index contributed by atoms with van der Waals surface area (Å²) in [6.07, 6.45) is -34.3. The number of aliphatic hydroxyl groups excluding tert-OH is 13. The van der Waals surface area contributed by atoms with Crippen molar-refractivity contribution in [1.82, 2.24) is 0 Å². The quantitative estimate of drug-likeness (QED) is 0.0535. The van der Waals surface area contributed by atoms with E-state index in [1.54, 1.807) is 0 Å². The van der Waals surface area contributed by atoms with Crippen molar-refractivity contribution >= 4 is 17.9 Å². The summed E-state index contributed by atoms with van der Waals surface area (Å²) in [6.45, 7) is 12.8. The number of carbonyl (C=O) groups excluding carboxylic acids is 3. The van der Waals surface area contributed by atoms with Crippen LogP contribution in [-0.2, 0) is 71.2 Å². The van der Waals surface area contributed by atoms with Gasteiger partial charge in [-0.15, -0.1) is 0 Å². The maximum atomic E-state index is 15.6. The molecule has 33 atom stereocenters. The van der Waals surface area contributed by atoms with E-state index >= 15 is 4.79 Å². The van der Waals surface area contributed by atoms with Gasteiger partial charge in [0.25, 0.3) is 0 Å². The van der Waals surface area contributed by atoms with Crippen LogP contribution in [0.15, 0.2) is 11.6 Å². The first kappa shape index (κ1) is 70.5. The van der Waals surface area contributed by atoms with Crippen molar-refractivity contribution in [1.29, 1.82) is 0 Å². The SMILES string of the molecule is CC1OC(OC2C(OC(=O)[C@]34CCC(C)(C)C[C@@H]3C3=CC[C@@H]5[C@@]6(C)CC(O)C7OC8OC(CO)C(O)C(O)C8OC8OCC(O)C(O)C8OC(=O)C[C@@](C)(O)CC(=O)OC[C@@]7(C)[C@H]6CC[C@@]5(C)[C@]3(C)CC4)OCC(O)C2O)C(O)C(OC2OCC(O)C(O)C2O)C1O. The number of rotatable bonds is 7. The first-order chi connectivity index (χ1) is 43.0. The Bertz CT molecular complexity index is 2700. The number of carbonyl (C=O) groups is 3. The molecule has 11 rings (SSSR count). The number of ether oxygens (including phenoxy) is 12. The van der Waals surface area contributed by atoms with Gasteiger partial charge in [0, 0.05) is 5.41 Å². The summed E-state index contributed by atoms with van der Waals surface area (Å²) in [5.41, 5.74) is -5.58. The Morgan fingerprint density at radius 3 is 1.93 bits per heavy atom. The summed E-state index contributed by atoms with van der Waals surface area (Å²) in [5.74, 6) is -3.64. The molecule has 5 aliphatic carbocycles. The second-order valence-electron chi connectivity index (χ2n) is 30.5. The Balaban J connectivity index is 0.881. The minimum Gasteiger partial charge on any atom is -0.465 e. The van der Waals surface area contributed by atoms with E-state index in [0.29, 0.717) is 51.4 Å². The van der Waals surface area contributed by atoms with Crippen LogP contribution >= 0.6 is 0 Å². The molecule has 6 aliphatic heterocycles. The Morgan fingerprint density at radius 1 is 0.587 bits per heavy atom. The molecule has 0 radical (unpaired) electrons. The third-order valence-corrected chi connectivity index (χ3v) is 23.9. The predicted octanol–water partition coefficient (Wildman–Crippen LogP) is -2.68. The van der Waals surface area contributed by atoms with Crippen molar-refractivity contribution in [2.75, 3.05) is 33.0 Å². The molecule has 0 aromatic heterocycles. The highest BCUT2D eigenvalue weighted by Crippen LogP contribution is 2.76. The van der Waals surface area contributed by atoms with Crippen LogP contribution in [0.1, 0.15) is 126 Å². The van der Waals surface area contributed by atoms with Crippen molar-refractivity contribution in [2.45, 2.75) is 279 Å². The average Bonchev–Trinajstić information content (AvgIpc) is 0.674. The van der Waals surface area contributed by atoms with E-state index in [2.05, 4.69) is 40.7 Å². The predicted molar refractivity (Wildman–Crippen MR) is 306 cm³/mol. The highest BCUT2D eigenvalue weighted by molar-refractivity contribution is 5.79. The van der Waals surface area contributed by atoms with Gasteiger partial charge in [-0.1, -0.05) is 53.2 Å². The molecule has 0 amide bonds. The fourth-order valence-electron chi connectivity index (χ4n) is 18.5. The van der Waals surface area contributed by atoms with E-state index in [4.69, 9.17) is 56.8 Å². The molecule has 524 valence electrons. The van der Waals surface area contributed by atoms with Crippen molar-refractivity contribution < 1.29 is 143 Å². The molecule has 6 saturated heterocycles. The lowest BCUT2D eigenvalue weighted by Crippen LogP contribution is -2.70. The zero-order chi connectivity index (χ0) is 66.9. The largest absolute Gasteiger partial charge is 0.465 e. The third kappa shape index (κ3) is 12.2. The van der Waals surface area contributed by atoms with Crippen LogP contribution in [0, 0.1) is 50.2 Å². The molecule has 4 saturated carbocycles. The fourth-order valence-corrected chi connectivity index (χ4v) is 18.5. The molecular weight excluding hydrogens is 1220 g/mol. The molecule has 29 heteroatoms. The fraction of sp³-hybridized carbons (Fsp3) is 0.921. The number of hydrogen-bond donors (Lipinski definition) is 14. The van der Waals surface area contributed by atoms with Crippen LogP contribution < -0.4 is 0 Å². The van der Waals surface area contributed by atoms with Crippen molar-refractivity contribution in [2.24, 2.45) is 50.2 Å². The van der Waals surface area contributed by atoms with Crippen LogP contribution in [-0.4, -0.2) is 275 Å². The Labute approximate surface area is 533 Å². The van der Waals surface area contributed by atoms with Crippen LogP contribution in [0.25, 0.3) is 0 Å². The monoisotopic (exact) mass is 1320 g/mol. The van der Waals surface area contributed by atoms with E-state index in [0.717, 1.165) is 5.57 Å². The van der Waals surface area contributed by atoms with Gasteiger partial charge in [0.1, 0.15) is 85.5 Å². The van der Waals surface area contributed by atoms with Gasteiger partial charge in [-0.25, -0.2) is 0 Å². The molecule has 0 spiro atoms. The minimum atomic E-state index is -2.07. The highest BCUT2D eigenvalue weighted by atomic mass is 16.8. The molecule has 14 N–H and O–H groups in total. The summed E-state index contributed by atoms with van der Waals surface area (Å²) in [5, 5.41) is 156. The topological polar surface area (TPSA) is 445 Å². The molecule has 92 heavy (non-hydrogen) atoms. The summed E-state index contributed by atoms with van der Waals surface area (Å²) in [4.78, 5) is 43.1. The smallest absolute Gasteiger partial charge is 0.315 e. The van der Waals surface area contributed by atoms with Gasteiger partial charge in [0.2, 0.25) is 6.29 Å². The van der Waals surface area contributed by atoms with Gasteiger partial charge in [0.05, 0.1) is 75.2 Å². The maximum Gasteiger partial charge on any atom is 0.315 e. The van der Waals surface area contributed by atoms with Crippen molar-refractivity contribution in [3.8, 4) is 0 Å². The Hall–Kier alpha value is -2.77. The number of fused-ring (bicyclic) bond motifs is 11. The molecule has 11 aliphatic rings. The normalized spacial score (nSPS) is 54.2. The van der Waals surface area contributed by atoms with E-state index < -0.39 is 243 Å². The number of esters is 3. The van der Waals surface area contributed by atoms with Crippen LogP contribution in [0.5, 0.6) is 0 Å². The van der Waals surface area contributed by atoms with Crippen LogP contribution in [0.2, 0.25) is 0 Å². The third-order valence-electron chi connectivity index (χ3n) is 23.9. The second-order valence-corrected chi connectivity index (χ2v) is 30.5. The summed E-state index contributed by atoms with van der Waals surface area (Å²) in [6, 6.07) is 0. The van der Waals surface area contributed by atoms with E-state index in [9.17, 15) is 81.1 Å². The van der Waals surface area contributed by atoms with Gasteiger partial charge in [0.15, 0.2) is 37.4 Å². The van der Waals surface area contributed by atoms with Gasteiger partial charge in [-0.2, -0.15) is 0 Å². The first-order valence-corrected chi connectivity index (χ1v) is 32.6. The Kier molecular flexibility index (Phi) is 19.8. The van der Waals surface area contributed by atoms with Gasteiger partial charge < -0.3 is 128 Å². The van der Waals surface area contributed by atoms with Crippen molar-refractivity contribution in [3.05, 3.63) is 11.6 Å². The van der Waals surface area contributed by atoms with Crippen molar-refractivity contribution in [3.63, 3.8) is 0 Å². The number of aliphatic hydroxyl groups is 14. The minimum absolute atomic E-state index is 0.127. The molecule has 29 nitrogen and oxygen atoms in total. The zero-order valence-electron chi connectivity index (χ0n) is 53.4. The highest BCUT2D eigenvalue weighted by Gasteiger charge is 2.72. The summed E-state index contributed by atoms with van der Waals surface area (Å²) in [7, 11) is 0. The van der Waals surface area contributed by atoms with Gasteiger partial charge >= 0.3 is 17.9 Å². The van der Waals surface area contributed by atoms with E-state index in [-0.39, 0.29) is 30.3 Å². The first-order valence-electron chi connectivity index (χ1n) is 32.6. The standard InChI is InChI=1S/C63H98O29/c1-26-38(71)46(88-51-44(77)39(72)30(66)22-81-51)45(78)52(85-26)89-48-41(74)32(68)24-83-54(48)92-56(79)63-15-13-57(2,3)17-28(63)27-9-10-35-59(5)18-29(65)50-60(6,34(59)11-12-62(35,8)61(27,7)14-16-63)25-84-36(69)19-58(4,80)20-37(70)87-47-40(73)31(67)23-82-53(47)90-49-43(76)42(75)33(21-64)86-55(49)91-50/h9,26,28-35,38-55,64-68,71-78,80H,10-25H2,1-8H3/t26?,28-,29?,30?,31?,32?,33?,34+,35-,38?,39?,40?,41?,42?,43?,44?,45?,46?,47?,48?,49?,50?,51?,52?,53?,54?,55?,58+,59+,60+,61-,62-,63+/m1/s1. The maximum absolute atomic E-state index is 15.6. The molecule has 0 aromatic rings. The van der Waals surface area contributed by atoms with E-state index in [1.165, 1.54) is 13.8 Å². The lowest BCUT2D eigenvalue weighted by atomic mass is 9.33. The molecular formula is C63H98O29. The number of cyclic esters (lactones) is 1. The van der Waals surface area contributed by atoms with Gasteiger partial charge in [-0.3, -0.25) is 14.4 Å². The number of hydrogen-bond acceptors (Lipinski definition) is 29. The van der Waals surface area contributed by atoms with Crippen LogP contribution in [0.3, 0.4) is 0 Å². The number of allylic oxidation sites excluding steroid dienone is 2. The lowest BCUT2D eigenvalue weighted by Gasteiger charge is -2.72. The molecule has 10 fully saturated rings. The average molecular weight is 1320 g/mol. The summed E-state index contributed by atoms with van der Waals surface area (Å²) < 4.78 is 72.2. The molecule has 0 bridgehead atoms. The van der Waals surface area contributed by atoms with Crippen LogP contribution in [0.4, 0.5) is 0 Å². The zero-order valence-corrected chi connectivity index (χ0v) is 53.4. The summed E-state index contributed by atoms with van der Waals surface area (Å²) >= 11 is 0. The lowest BCUT2D eigenvalue weighted by molar-refractivity contribution is -0.378. The van der Waals surface area contributed by atoms with Gasteiger partial charge in [-0.05, 0) is 111 Å². The molecule has 6 heterocycles.